The summed E-state index contributed by atoms with van der Waals surface area (Å²) in [6.07, 6.45) is 0.0614. The Kier molecular flexibility index (Phi) is 8.27. The van der Waals surface area contributed by atoms with Gasteiger partial charge in [0.2, 0.25) is 11.4 Å². The molecule has 0 aromatic heterocycles. The van der Waals surface area contributed by atoms with Gasteiger partial charge in [0.1, 0.15) is 6.61 Å². The van der Waals surface area contributed by atoms with E-state index in [1.54, 1.807) is 48.5 Å². The molecule has 20 heavy (non-hydrogen) atoms. The van der Waals surface area contributed by atoms with Crippen LogP contribution < -0.4 is 0 Å². The first-order valence-electron chi connectivity index (χ1n) is 6.45. The van der Waals surface area contributed by atoms with Gasteiger partial charge in [0, 0.05) is 0 Å². The smallest absolute Gasteiger partial charge is 0.343 e. The zero-order valence-corrected chi connectivity index (χ0v) is 13.0. The molecule has 0 aromatic carbocycles. The summed E-state index contributed by atoms with van der Waals surface area (Å²) in [6.45, 7) is 11.9. The fourth-order valence-corrected chi connectivity index (χ4v) is 1.56. The Morgan fingerprint density at radius 1 is 1.00 bits per heavy atom. The fourth-order valence-electron chi connectivity index (χ4n) is 1.56. The minimum absolute atomic E-state index is 0. The lowest BCUT2D eigenvalue weighted by Gasteiger charge is -2.34. The molecule has 0 saturated heterocycles. The maximum absolute atomic E-state index is 12.2. The van der Waals surface area contributed by atoms with Gasteiger partial charge in [0.05, 0.1) is 11.2 Å². The Balaban J connectivity index is 0. The highest BCUT2D eigenvalue weighted by atomic mass is 27.0. The first kappa shape index (κ1) is 21.9. The van der Waals surface area contributed by atoms with E-state index in [0.29, 0.717) is 0 Å². The van der Waals surface area contributed by atoms with E-state index in [0.717, 1.165) is 0 Å². The highest BCUT2D eigenvalue weighted by molar-refractivity contribution is 6.07. The fraction of sp³-hybridized carbons (Fsp3) is 0.857. The Morgan fingerprint density at radius 2 is 1.45 bits per heavy atom. The van der Waals surface area contributed by atoms with E-state index >= 15 is 0 Å². The van der Waals surface area contributed by atoms with Crippen molar-refractivity contribution in [2.45, 2.75) is 71.7 Å². The highest BCUT2D eigenvalue weighted by Gasteiger charge is 2.48. The van der Waals surface area contributed by atoms with Crippen LogP contribution in [0.25, 0.3) is 0 Å². The molecular formula is C14H29AlO5. The molecule has 0 fully saturated rings. The molecular weight excluding hydrogens is 275 g/mol. The van der Waals surface area contributed by atoms with Crippen molar-refractivity contribution in [3.63, 3.8) is 0 Å². The van der Waals surface area contributed by atoms with Gasteiger partial charge in [-0.3, -0.25) is 4.79 Å². The summed E-state index contributed by atoms with van der Waals surface area (Å²) >= 11 is 0. The van der Waals surface area contributed by atoms with Crippen LogP contribution in [-0.4, -0.2) is 57.6 Å². The van der Waals surface area contributed by atoms with E-state index in [1.807, 2.05) is 0 Å². The van der Waals surface area contributed by atoms with Crippen LogP contribution in [0.2, 0.25) is 0 Å². The van der Waals surface area contributed by atoms with Gasteiger partial charge < -0.3 is 14.6 Å². The number of Topliss-reactive ketones (excluding diaryl/α,β-unsaturated/α-hetero) is 1. The van der Waals surface area contributed by atoms with Crippen molar-refractivity contribution in [2.75, 3.05) is 6.61 Å². The monoisotopic (exact) mass is 304 g/mol. The number of carboxylic acid groups (broad SMARTS) is 1. The van der Waals surface area contributed by atoms with E-state index in [-0.39, 0.29) is 30.4 Å². The third kappa shape index (κ3) is 6.85. The molecule has 0 bridgehead atoms. The third-order valence-corrected chi connectivity index (χ3v) is 2.41. The van der Waals surface area contributed by atoms with Crippen LogP contribution in [0.1, 0.15) is 54.9 Å². The van der Waals surface area contributed by atoms with Crippen molar-refractivity contribution >= 4 is 29.1 Å². The van der Waals surface area contributed by atoms with Gasteiger partial charge in [-0.05, 0) is 48.0 Å². The molecule has 0 heterocycles. The summed E-state index contributed by atoms with van der Waals surface area (Å²) in [5, 5.41) is 9.39. The van der Waals surface area contributed by atoms with Crippen LogP contribution in [0.15, 0.2) is 0 Å². The lowest BCUT2D eigenvalue weighted by atomic mass is 9.93. The molecule has 0 aliphatic rings. The quantitative estimate of drug-likeness (QED) is 0.590. The van der Waals surface area contributed by atoms with Crippen LogP contribution in [0.5, 0.6) is 0 Å². The summed E-state index contributed by atoms with van der Waals surface area (Å²) < 4.78 is 10.9. The van der Waals surface area contributed by atoms with E-state index < -0.39 is 28.6 Å². The molecule has 1 atom stereocenters. The lowest BCUT2D eigenvalue weighted by Crippen LogP contribution is -2.54. The predicted octanol–water partition coefficient (Wildman–Crippen LogP) is 1.24. The molecule has 0 saturated carbocycles. The summed E-state index contributed by atoms with van der Waals surface area (Å²) in [6, 6.07) is 0. The second-order valence-corrected chi connectivity index (χ2v) is 6.52. The number of carboxylic acids is 1. The molecule has 0 aromatic rings. The van der Waals surface area contributed by atoms with E-state index in [1.165, 1.54) is 0 Å². The van der Waals surface area contributed by atoms with Gasteiger partial charge in [-0.1, -0.05) is 6.92 Å². The summed E-state index contributed by atoms with van der Waals surface area (Å²) in [7, 11) is 0. The lowest BCUT2D eigenvalue weighted by molar-refractivity contribution is -0.193. The maximum Gasteiger partial charge on any atom is 0.343 e. The van der Waals surface area contributed by atoms with Crippen molar-refractivity contribution in [1.82, 2.24) is 0 Å². The first-order chi connectivity index (χ1) is 8.34. The van der Waals surface area contributed by atoms with Gasteiger partial charge in [-0.15, -0.1) is 0 Å². The largest absolute Gasteiger partial charge is 0.479 e. The average Bonchev–Trinajstić information content (AvgIpc) is 2.19. The second-order valence-electron chi connectivity index (χ2n) is 6.52. The number of carbonyl (C=O) groups is 2. The number of hydrogen-bond donors (Lipinski definition) is 1. The average molecular weight is 304 g/mol. The number of aliphatic carboxylic acids is 1. The van der Waals surface area contributed by atoms with Gasteiger partial charge in [-0.2, -0.15) is 0 Å². The number of hydrogen-bond acceptors (Lipinski definition) is 4. The summed E-state index contributed by atoms with van der Waals surface area (Å²) in [5.41, 5.74) is -3.08. The van der Waals surface area contributed by atoms with Crippen LogP contribution >= 0.6 is 0 Å². The molecule has 6 heteroatoms. The predicted molar refractivity (Wildman–Crippen MR) is 82.1 cm³/mol. The Bertz CT molecular complexity index is 340. The van der Waals surface area contributed by atoms with E-state index in [4.69, 9.17) is 9.47 Å². The summed E-state index contributed by atoms with van der Waals surface area (Å²) in [5.74, 6) is -1.83. The standard InChI is InChI=1S/C14H26O5.Al.3H/c1-8-14(11(16)17,19-13(5,6)7)10(15)9-18-12(2,3)4;;;;/h8-9H2,1-7H3,(H,16,17);;;;. The van der Waals surface area contributed by atoms with Crippen LogP contribution in [0, 0.1) is 0 Å². The molecule has 5 nitrogen and oxygen atoms in total. The molecule has 0 aliphatic heterocycles. The number of ketones is 1. The van der Waals surface area contributed by atoms with Crippen LogP contribution in [-0.2, 0) is 19.1 Å². The van der Waals surface area contributed by atoms with Crippen molar-refractivity contribution in [3.05, 3.63) is 0 Å². The Hall–Kier alpha value is -0.408. The molecule has 0 rings (SSSR count). The van der Waals surface area contributed by atoms with Crippen molar-refractivity contribution in [3.8, 4) is 0 Å². The third-order valence-electron chi connectivity index (χ3n) is 2.41. The topological polar surface area (TPSA) is 72.8 Å². The molecule has 118 valence electrons. The Morgan fingerprint density at radius 3 is 1.70 bits per heavy atom. The number of ether oxygens (including phenoxy) is 2. The van der Waals surface area contributed by atoms with E-state index in [9.17, 15) is 14.7 Å². The van der Waals surface area contributed by atoms with Crippen LogP contribution in [0.3, 0.4) is 0 Å². The molecule has 0 radical (unpaired) electrons. The normalized spacial score (nSPS) is 15.2. The Labute approximate surface area is 132 Å². The van der Waals surface area contributed by atoms with Gasteiger partial charge in [0.15, 0.2) is 17.4 Å². The zero-order valence-electron chi connectivity index (χ0n) is 13.0. The molecule has 1 N–H and O–H groups in total. The first-order valence-corrected chi connectivity index (χ1v) is 6.45. The summed E-state index contributed by atoms with van der Waals surface area (Å²) in [4.78, 5) is 23.7. The van der Waals surface area contributed by atoms with Gasteiger partial charge in [-0.25, -0.2) is 4.79 Å². The van der Waals surface area contributed by atoms with Crippen molar-refractivity contribution in [2.24, 2.45) is 0 Å². The number of carbonyl (C=O) groups excluding carboxylic acids is 1. The second kappa shape index (κ2) is 7.56. The minimum atomic E-state index is -1.84. The van der Waals surface area contributed by atoms with Crippen molar-refractivity contribution < 1.29 is 24.2 Å². The maximum atomic E-state index is 12.2. The highest BCUT2D eigenvalue weighted by Crippen LogP contribution is 2.26. The van der Waals surface area contributed by atoms with Gasteiger partial charge >= 0.3 is 5.97 Å². The molecule has 1 unspecified atom stereocenters. The SMILES string of the molecule is CCC(OC(C)(C)C)(C(=O)O)C(=O)COC(C)(C)C.[AlH3]. The molecule has 0 spiro atoms. The molecule has 0 amide bonds. The zero-order chi connectivity index (χ0) is 15.5. The van der Waals surface area contributed by atoms with E-state index in [2.05, 4.69) is 0 Å². The number of rotatable bonds is 6. The van der Waals surface area contributed by atoms with Gasteiger partial charge in [0.25, 0.3) is 0 Å². The molecule has 0 aliphatic carbocycles. The van der Waals surface area contributed by atoms with Crippen molar-refractivity contribution in [1.29, 1.82) is 0 Å². The van der Waals surface area contributed by atoms with Crippen LogP contribution in [0.4, 0.5) is 0 Å². The minimum Gasteiger partial charge on any atom is -0.479 e.